The van der Waals surface area contributed by atoms with Crippen molar-refractivity contribution in [2.24, 2.45) is 0 Å². The summed E-state index contributed by atoms with van der Waals surface area (Å²) in [6.45, 7) is 2.28. The van der Waals surface area contributed by atoms with Crippen LogP contribution >= 0.6 is 0 Å². The second kappa shape index (κ2) is 7.91. The number of aryl methyl sites for hydroxylation is 1. The Morgan fingerprint density at radius 1 is 1.15 bits per heavy atom. The highest BCUT2D eigenvalue weighted by molar-refractivity contribution is 5.96. The van der Waals surface area contributed by atoms with Gasteiger partial charge in [0.1, 0.15) is 12.7 Å². The number of para-hydroxylation sites is 1. The molecule has 0 spiro atoms. The Labute approximate surface area is 158 Å². The van der Waals surface area contributed by atoms with E-state index in [1.807, 2.05) is 72.2 Å². The Morgan fingerprint density at radius 3 is 2.48 bits per heavy atom. The smallest absolute Gasteiger partial charge is 0.335 e. The number of carbonyl (C=O) groups excluding carboxylic acids is 1. The number of fused-ring (bicyclic) bond motifs is 1. The van der Waals surface area contributed by atoms with Crippen LogP contribution in [0.1, 0.15) is 16.8 Å². The summed E-state index contributed by atoms with van der Waals surface area (Å²) >= 11 is 0. The summed E-state index contributed by atoms with van der Waals surface area (Å²) in [5.74, 6) is -0.393. The monoisotopic (exact) mass is 362 g/mol. The maximum Gasteiger partial charge on any atom is 0.335 e. The molecule has 0 aliphatic carbocycles. The van der Waals surface area contributed by atoms with Crippen LogP contribution in [0.15, 0.2) is 60.2 Å². The number of rotatable bonds is 5. The molecule has 0 saturated heterocycles. The molecule has 138 valence electrons. The van der Waals surface area contributed by atoms with Crippen LogP contribution in [-0.4, -0.2) is 35.6 Å². The van der Waals surface area contributed by atoms with E-state index in [0.717, 1.165) is 32.5 Å². The van der Waals surface area contributed by atoms with Crippen molar-refractivity contribution in [2.75, 3.05) is 14.2 Å². The number of hydrogen-bond acceptors (Lipinski definition) is 3. The molecular weight excluding hydrogens is 340 g/mol. The van der Waals surface area contributed by atoms with E-state index in [0.29, 0.717) is 12.1 Å². The standard InChI is InChI=1S/C22H22N2O3/c1-16-19-11-7-8-12-20(19)24(21(16)15-23(2)26)14-18(22(25)27-3)13-17-9-5-4-6-10-17/h4-13,15H,14H2,1-3H3/b18-13+,23-15-. The second-order valence-electron chi connectivity index (χ2n) is 6.36. The Morgan fingerprint density at radius 2 is 1.81 bits per heavy atom. The lowest BCUT2D eigenvalue weighted by Gasteiger charge is -2.11. The minimum Gasteiger partial charge on any atom is -0.624 e. The number of hydroxylamine groups is 1. The average molecular weight is 362 g/mol. The van der Waals surface area contributed by atoms with Gasteiger partial charge in [0.2, 0.25) is 0 Å². The summed E-state index contributed by atoms with van der Waals surface area (Å²) in [6.07, 6.45) is 3.35. The lowest BCUT2D eigenvalue weighted by atomic mass is 10.1. The highest BCUT2D eigenvalue weighted by Crippen LogP contribution is 2.26. The largest absolute Gasteiger partial charge is 0.624 e. The molecule has 0 bridgehead atoms. The van der Waals surface area contributed by atoms with Crippen LogP contribution in [0.25, 0.3) is 17.0 Å². The Balaban J connectivity index is 2.16. The van der Waals surface area contributed by atoms with Gasteiger partial charge in [-0.25, -0.2) is 9.53 Å². The molecule has 0 aliphatic heterocycles. The molecule has 0 aliphatic rings. The van der Waals surface area contributed by atoms with E-state index in [1.165, 1.54) is 20.4 Å². The normalized spacial score (nSPS) is 12.4. The van der Waals surface area contributed by atoms with Gasteiger partial charge >= 0.3 is 5.97 Å². The topological polar surface area (TPSA) is 57.3 Å². The van der Waals surface area contributed by atoms with E-state index in [9.17, 15) is 10.0 Å². The Bertz CT molecular complexity index is 1030. The molecule has 0 N–H and O–H groups in total. The van der Waals surface area contributed by atoms with Crippen LogP contribution in [0.3, 0.4) is 0 Å². The number of esters is 1. The van der Waals surface area contributed by atoms with Crippen molar-refractivity contribution < 1.29 is 14.3 Å². The first-order valence-corrected chi connectivity index (χ1v) is 8.68. The molecule has 27 heavy (non-hydrogen) atoms. The van der Waals surface area contributed by atoms with Gasteiger partial charge in [0.15, 0.2) is 6.21 Å². The number of aromatic nitrogens is 1. The predicted octanol–water partition coefficient (Wildman–Crippen LogP) is 3.77. The second-order valence-corrected chi connectivity index (χ2v) is 6.36. The van der Waals surface area contributed by atoms with Gasteiger partial charge in [0.25, 0.3) is 0 Å². The lowest BCUT2D eigenvalue weighted by molar-refractivity contribution is -0.417. The van der Waals surface area contributed by atoms with E-state index in [1.54, 1.807) is 0 Å². The fourth-order valence-corrected chi connectivity index (χ4v) is 3.23. The third-order valence-corrected chi connectivity index (χ3v) is 4.49. The van der Waals surface area contributed by atoms with Gasteiger partial charge in [-0.2, -0.15) is 0 Å². The molecule has 0 amide bonds. The molecule has 3 aromatic rings. The number of ether oxygens (including phenoxy) is 1. The van der Waals surface area contributed by atoms with Gasteiger partial charge in [0, 0.05) is 10.9 Å². The average Bonchev–Trinajstić information content (AvgIpc) is 2.93. The fraction of sp³-hybridized carbons (Fsp3) is 0.182. The van der Waals surface area contributed by atoms with Crippen molar-refractivity contribution in [3.05, 3.63) is 82.2 Å². The summed E-state index contributed by atoms with van der Waals surface area (Å²) in [7, 11) is 2.82. The van der Waals surface area contributed by atoms with Gasteiger partial charge in [0.05, 0.1) is 19.2 Å². The van der Waals surface area contributed by atoms with Crippen LogP contribution in [0.4, 0.5) is 0 Å². The van der Waals surface area contributed by atoms with E-state index >= 15 is 0 Å². The predicted molar refractivity (Wildman–Crippen MR) is 108 cm³/mol. The number of hydrogen-bond donors (Lipinski definition) is 0. The molecule has 2 aromatic carbocycles. The molecular formula is C22H22N2O3. The quantitative estimate of drug-likeness (QED) is 0.173. The molecule has 1 heterocycles. The summed E-state index contributed by atoms with van der Waals surface area (Å²) in [6, 6.07) is 17.5. The zero-order chi connectivity index (χ0) is 19.4. The minimum absolute atomic E-state index is 0.301. The maximum absolute atomic E-state index is 12.4. The number of nitrogens with zero attached hydrogens (tertiary/aromatic N) is 2. The van der Waals surface area contributed by atoms with Crippen LogP contribution in [0.5, 0.6) is 0 Å². The van der Waals surface area contributed by atoms with Crippen LogP contribution in [-0.2, 0) is 16.1 Å². The molecule has 5 heteroatoms. The third-order valence-electron chi connectivity index (χ3n) is 4.49. The molecule has 3 rings (SSSR count). The van der Waals surface area contributed by atoms with Gasteiger partial charge in [-0.05, 0) is 30.2 Å². The lowest BCUT2D eigenvalue weighted by Crippen LogP contribution is -2.15. The van der Waals surface area contributed by atoms with Gasteiger partial charge < -0.3 is 14.5 Å². The zero-order valence-corrected chi connectivity index (χ0v) is 15.7. The zero-order valence-electron chi connectivity index (χ0n) is 15.7. The van der Waals surface area contributed by atoms with Crippen molar-refractivity contribution in [3.8, 4) is 0 Å². The minimum atomic E-state index is -0.393. The SMILES string of the molecule is COC(=O)/C(=C/c1ccccc1)Cn1c(/C=[N+](/C)[O-])c(C)c2ccccc21. The summed E-state index contributed by atoms with van der Waals surface area (Å²) < 4.78 is 7.74. The number of benzene rings is 2. The van der Waals surface area contributed by atoms with Crippen molar-refractivity contribution in [2.45, 2.75) is 13.5 Å². The molecule has 0 saturated carbocycles. The highest BCUT2D eigenvalue weighted by Gasteiger charge is 2.18. The number of carbonyl (C=O) groups is 1. The first kappa shape index (κ1) is 18.5. The molecule has 0 unspecified atom stereocenters. The summed E-state index contributed by atoms with van der Waals surface area (Å²) in [4.78, 5) is 12.4. The van der Waals surface area contributed by atoms with Crippen LogP contribution < -0.4 is 0 Å². The Hall–Kier alpha value is -3.34. The van der Waals surface area contributed by atoms with E-state index in [2.05, 4.69) is 0 Å². The van der Waals surface area contributed by atoms with Crippen molar-refractivity contribution in [1.82, 2.24) is 4.57 Å². The summed E-state index contributed by atoms with van der Waals surface area (Å²) in [5.41, 5.74) is 4.16. The molecule has 0 atom stereocenters. The van der Waals surface area contributed by atoms with Crippen LogP contribution in [0.2, 0.25) is 0 Å². The Kier molecular flexibility index (Phi) is 5.41. The van der Waals surface area contributed by atoms with Gasteiger partial charge in [-0.15, -0.1) is 0 Å². The van der Waals surface area contributed by atoms with Crippen LogP contribution in [0, 0.1) is 12.1 Å². The van der Waals surface area contributed by atoms with Crippen molar-refractivity contribution >= 4 is 29.2 Å². The molecule has 0 radical (unpaired) electrons. The summed E-state index contributed by atoms with van der Waals surface area (Å²) in [5, 5.41) is 12.8. The molecule has 0 fully saturated rings. The molecule has 1 aromatic heterocycles. The van der Waals surface area contributed by atoms with Crippen molar-refractivity contribution in [3.63, 3.8) is 0 Å². The maximum atomic E-state index is 12.4. The first-order chi connectivity index (χ1) is 13.0. The van der Waals surface area contributed by atoms with E-state index in [4.69, 9.17) is 4.74 Å². The van der Waals surface area contributed by atoms with E-state index in [-0.39, 0.29) is 0 Å². The highest BCUT2D eigenvalue weighted by atomic mass is 16.5. The first-order valence-electron chi connectivity index (χ1n) is 8.68. The number of methoxy groups -OCH3 is 1. The molecule has 5 nitrogen and oxygen atoms in total. The van der Waals surface area contributed by atoms with Crippen molar-refractivity contribution in [1.29, 1.82) is 0 Å². The fourth-order valence-electron chi connectivity index (χ4n) is 3.23. The third kappa shape index (κ3) is 3.92. The van der Waals surface area contributed by atoms with Gasteiger partial charge in [-0.3, -0.25) is 0 Å². The van der Waals surface area contributed by atoms with E-state index < -0.39 is 5.97 Å². The van der Waals surface area contributed by atoms with Gasteiger partial charge in [-0.1, -0.05) is 48.5 Å².